The van der Waals surface area contributed by atoms with E-state index in [1.54, 1.807) is 7.11 Å². The largest absolute Gasteiger partial charge is 0.497 e. The third kappa shape index (κ3) is 2.90. The first kappa shape index (κ1) is 20.1. The van der Waals surface area contributed by atoms with Crippen LogP contribution in [0.2, 0.25) is 0 Å². The lowest BCUT2D eigenvalue weighted by Crippen LogP contribution is -2.22. The Hall–Kier alpha value is -2.51. The van der Waals surface area contributed by atoms with Crippen LogP contribution in [0.4, 0.5) is 0 Å². The number of aromatic hydroxyl groups is 1. The molecule has 0 spiro atoms. The molecule has 2 N–H and O–H groups in total. The Morgan fingerprint density at radius 1 is 1.12 bits per heavy atom. The Morgan fingerprint density at radius 3 is 2.72 bits per heavy atom. The Morgan fingerprint density at radius 2 is 1.94 bits per heavy atom. The lowest BCUT2D eigenvalue weighted by Gasteiger charge is -2.27. The summed E-state index contributed by atoms with van der Waals surface area (Å²) in [4.78, 5) is 3.68. The average Bonchev–Trinajstić information content (AvgIpc) is 3.50. The summed E-state index contributed by atoms with van der Waals surface area (Å²) in [5.74, 6) is 1.13. The first-order valence-corrected chi connectivity index (χ1v) is 12.3. The molecule has 2 aromatic heterocycles. The van der Waals surface area contributed by atoms with Gasteiger partial charge in [-0.2, -0.15) is 0 Å². The first-order chi connectivity index (χ1) is 15.6. The van der Waals surface area contributed by atoms with Gasteiger partial charge < -0.3 is 19.4 Å². The quantitative estimate of drug-likeness (QED) is 0.268. The van der Waals surface area contributed by atoms with E-state index in [1.165, 1.54) is 23.8 Å². The van der Waals surface area contributed by atoms with E-state index in [1.807, 2.05) is 16.7 Å². The Bertz CT molecular complexity index is 1410. The molecule has 4 aromatic rings. The standard InChI is InChI=1S/C25H24BrN3O2S/c1-31-17-8-4-5-14(11-17)23-22-19(18-12-15(26)9-10-20(18)27-22)13-21-24(30)28(25(32)29(21)23)16-6-2-3-7-16/h4-5,8-12,16,23,27,30H,2-3,6-7,13H2,1H3. The van der Waals surface area contributed by atoms with Crippen molar-refractivity contribution in [3.8, 4) is 11.6 Å². The fraction of sp³-hybridized carbons (Fsp3) is 0.320. The smallest absolute Gasteiger partial charge is 0.214 e. The molecule has 1 unspecified atom stereocenters. The molecule has 0 bridgehead atoms. The number of methoxy groups -OCH3 is 1. The highest BCUT2D eigenvalue weighted by molar-refractivity contribution is 9.10. The number of ether oxygens (including phenoxy) is 1. The van der Waals surface area contributed by atoms with Crippen LogP contribution in [0.5, 0.6) is 11.6 Å². The van der Waals surface area contributed by atoms with E-state index < -0.39 is 0 Å². The van der Waals surface area contributed by atoms with Gasteiger partial charge in [0.15, 0.2) is 4.77 Å². The second-order valence-electron chi connectivity index (χ2n) is 8.79. The number of halogens is 1. The molecule has 164 valence electrons. The van der Waals surface area contributed by atoms with Crippen LogP contribution >= 0.6 is 28.1 Å². The van der Waals surface area contributed by atoms with Crippen LogP contribution < -0.4 is 4.74 Å². The lowest BCUT2D eigenvalue weighted by molar-refractivity contribution is 0.377. The number of aromatic amines is 1. The van der Waals surface area contributed by atoms with Gasteiger partial charge in [0.1, 0.15) is 11.8 Å². The molecule has 6 rings (SSSR count). The summed E-state index contributed by atoms with van der Waals surface area (Å²) >= 11 is 9.64. The Balaban J connectivity index is 1.64. The number of hydrogen-bond donors (Lipinski definition) is 2. The van der Waals surface area contributed by atoms with Crippen LogP contribution in [0.25, 0.3) is 10.9 Å². The van der Waals surface area contributed by atoms with Crippen molar-refractivity contribution in [2.24, 2.45) is 0 Å². The highest BCUT2D eigenvalue weighted by Gasteiger charge is 2.36. The summed E-state index contributed by atoms with van der Waals surface area (Å²) in [6.45, 7) is 0. The van der Waals surface area contributed by atoms with Crippen molar-refractivity contribution in [1.29, 1.82) is 0 Å². The summed E-state index contributed by atoms with van der Waals surface area (Å²) in [5.41, 5.74) is 5.40. The van der Waals surface area contributed by atoms with Gasteiger partial charge >= 0.3 is 0 Å². The van der Waals surface area contributed by atoms with Crippen LogP contribution in [0.3, 0.4) is 0 Å². The monoisotopic (exact) mass is 509 g/mol. The molecule has 32 heavy (non-hydrogen) atoms. The van der Waals surface area contributed by atoms with E-state index in [0.717, 1.165) is 45.5 Å². The van der Waals surface area contributed by atoms with Gasteiger partial charge in [0.2, 0.25) is 5.88 Å². The van der Waals surface area contributed by atoms with Crippen LogP contribution in [0.1, 0.15) is 60.3 Å². The summed E-state index contributed by atoms with van der Waals surface area (Å²) in [5, 5.41) is 12.6. The zero-order chi connectivity index (χ0) is 22.0. The van der Waals surface area contributed by atoms with Crippen molar-refractivity contribution in [1.82, 2.24) is 14.1 Å². The maximum atomic E-state index is 11.4. The van der Waals surface area contributed by atoms with Crippen molar-refractivity contribution in [3.05, 3.63) is 74.2 Å². The normalized spacial score (nSPS) is 18.1. The van der Waals surface area contributed by atoms with E-state index >= 15 is 0 Å². The van der Waals surface area contributed by atoms with Crippen molar-refractivity contribution in [3.63, 3.8) is 0 Å². The first-order valence-electron chi connectivity index (χ1n) is 11.1. The number of nitrogens with zero attached hydrogens (tertiary/aromatic N) is 2. The zero-order valence-corrected chi connectivity index (χ0v) is 20.2. The maximum Gasteiger partial charge on any atom is 0.214 e. The van der Waals surface area contributed by atoms with Gasteiger partial charge in [-0.3, -0.25) is 4.57 Å². The number of imidazole rings is 1. The average molecular weight is 510 g/mol. The summed E-state index contributed by atoms with van der Waals surface area (Å²) in [6, 6.07) is 14.6. The number of aromatic nitrogens is 3. The molecule has 2 aliphatic rings. The molecule has 3 heterocycles. The van der Waals surface area contributed by atoms with Crippen LogP contribution in [-0.4, -0.2) is 26.3 Å². The van der Waals surface area contributed by atoms with Gasteiger partial charge in [0.05, 0.1) is 12.8 Å². The predicted octanol–water partition coefficient (Wildman–Crippen LogP) is 6.63. The Labute approximate surface area is 199 Å². The van der Waals surface area contributed by atoms with Crippen molar-refractivity contribution < 1.29 is 9.84 Å². The molecule has 0 radical (unpaired) electrons. The van der Waals surface area contributed by atoms with Crippen molar-refractivity contribution >= 4 is 39.1 Å². The van der Waals surface area contributed by atoms with E-state index in [9.17, 15) is 5.11 Å². The highest BCUT2D eigenvalue weighted by atomic mass is 79.9. The number of benzene rings is 2. The second kappa shape index (κ2) is 7.52. The van der Waals surface area contributed by atoms with Crippen LogP contribution in [-0.2, 0) is 6.42 Å². The molecule has 1 fully saturated rings. The fourth-order valence-electron chi connectivity index (χ4n) is 5.58. The van der Waals surface area contributed by atoms with Crippen LogP contribution in [0, 0.1) is 4.77 Å². The number of rotatable bonds is 3. The number of H-pyrrole nitrogens is 1. The van der Waals surface area contributed by atoms with Crippen molar-refractivity contribution in [2.75, 3.05) is 7.11 Å². The number of fused-ring (bicyclic) bond motifs is 4. The molecule has 0 amide bonds. The van der Waals surface area contributed by atoms with E-state index in [-0.39, 0.29) is 12.1 Å². The second-order valence-corrected chi connectivity index (χ2v) is 10.1. The molecule has 1 atom stereocenters. The van der Waals surface area contributed by atoms with Gasteiger partial charge in [-0.05, 0) is 66.5 Å². The van der Waals surface area contributed by atoms with Gasteiger partial charge in [-0.25, -0.2) is 0 Å². The SMILES string of the molecule is COc1cccc(C2c3[nH]c4ccc(Br)cc4c3Cc3c(O)n(C4CCCC4)c(=S)n32)c1. The molecule has 7 heteroatoms. The molecule has 1 saturated carbocycles. The summed E-state index contributed by atoms with van der Waals surface area (Å²) in [7, 11) is 1.69. The van der Waals surface area contributed by atoms with E-state index in [0.29, 0.717) is 17.1 Å². The minimum atomic E-state index is -0.156. The summed E-state index contributed by atoms with van der Waals surface area (Å²) < 4.78 is 11.4. The topological polar surface area (TPSA) is 55.1 Å². The van der Waals surface area contributed by atoms with E-state index in [4.69, 9.17) is 17.0 Å². The number of nitrogens with one attached hydrogen (secondary N) is 1. The zero-order valence-electron chi connectivity index (χ0n) is 17.8. The molecule has 1 aliphatic heterocycles. The number of hydrogen-bond acceptors (Lipinski definition) is 3. The Kier molecular flexibility index (Phi) is 4.73. The molecular formula is C25H24BrN3O2S. The molecule has 2 aromatic carbocycles. The van der Waals surface area contributed by atoms with Gasteiger partial charge in [0, 0.05) is 33.5 Å². The fourth-order valence-corrected chi connectivity index (χ4v) is 6.39. The lowest BCUT2D eigenvalue weighted by atomic mass is 9.93. The molecular weight excluding hydrogens is 486 g/mol. The predicted molar refractivity (Wildman–Crippen MR) is 131 cm³/mol. The highest BCUT2D eigenvalue weighted by Crippen LogP contribution is 2.45. The van der Waals surface area contributed by atoms with Gasteiger partial charge in [0.25, 0.3) is 0 Å². The molecule has 5 nitrogen and oxygen atoms in total. The molecule has 0 saturated heterocycles. The van der Waals surface area contributed by atoms with Crippen LogP contribution in [0.15, 0.2) is 46.9 Å². The minimum absolute atomic E-state index is 0.156. The maximum absolute atomic E-state index is 11.4. The van der Waals surface area contributed by atoms with Crippen molar-refractivity contribution in [2.45, 2.75) is 44.2 Å². The van der Waals surface area contributed by atoms with Gasteiger partial charge in [-0.15, -0.1) is 0 Å². The van der Waals surface area contributed by atoms with Gasteiger partial charge in [-0.1, -0.05) is 40.9 Å². The van der Waals surface area contributed by atoms with E-state index in [2.05, 4.69) is 55.8 Å². The summed E-state index contributed by atoms with van der Waals surface area (Å²) in [6.07, 6.45) is 5.14. The molecule has 1 aliphatic carbocycles. The third-order valence-corrected chi connectivity index (χ3v) is 7.95. The minimum Gasteiger partial charge on any atom is -0.497 e. The third-order valence-electron chi connectivity index (χ3n) is 7.07.